The largest absolute Gasteiger partial charge is 0.344 e. The first-order valence-electron chi connectivity index (χ1n) is 15.4. The third kappa shape index (κ3) is 6.87. The first-order valence-corrected chi connectivity index (χ1v) is 16.3. The minimum absolute atomic E-state index is 0. The summed E-state index contributed by atoms with van der Waals surface area (Å²) in [6.07, 6.45) is 8.34. The number of nitrogens with zero attached hydrogens (tertiary/aromatic N) is 3. The molecule has 0 spiro atoms. The van der Waals surface area contributed by atoms with Gasteiger partial charge in [0.15, 0.2) is 0 Å². The zero-order valence-electron chi connectivity index (χ0n) is 25.0. The molecule has 6 nitrogen and oxygen atoms in total. The van der Waals surface area contributed by atoms with E-state index in [1.54, 1.807) is 23.5 Å². The van der Waals surface area contributed by atoms with Crippen molar-refractivity contribution in [2.24, 2.45) is 11.8 Å². The van der Waals surface area contributed by atoms with Crippen LogP contribution in [0.4, 0.5) is 4.39 Å². The Morgan fingerprint density at radius 2 is 1.77 bits per heavy atom. The predicted octanol–water partition coefficient (Wildman–Crippen LogP) is 7.40. The molecule has 0 radical (unpaired) electrons. The highest BCUT2D eigenvalue weighted by Gasteiger charge is 2.44. The molecule has 2 aliphatic heterocycles. The van der Waals surface area contributed by atoms with Crippen LogP contribution in [0.2, 0.25) is 0 Å². The van der Waals surface area contributed by atoms with Crippen molar-refractivity contribution in [3.63, 3.8) is 0 Å². The van der Waals surface area contributed by atoms with Crippen LogP contribution in [0.3, 0.4) is 0 Å². The van der Waals surface area contributed by atoms with E-state index in [2.05, 4.69) is 10.2 Å². The minimum Gasteiger partial charge on any atom is -0.344 e. The summed E-state index contributed by atoms with van der Waals surface area (Å²) in [6, 6.07) is 10.5. The molecule has 2 aromatic carbocycles. The van der Waals surface area contributed by atoms with E-state index in [1.165, 1.54) is 12.5 Å². The van der Waals surface area contributed by atoms with E-state index in [4.69, 9.17) is 4.98 Å². The number of benzene rings is 2. The summed E-state index contributed by atoms with van der Waals surface area (Å²) in [6.45, 7) is 6.42. The van der Waals surface area contributed by atoms with Crippen LogP contribution in [0.5, 0.6) is 0 Å². The van der Waals surface area contributed by atoms with Crippen molar-refractivity contribution in [3.05, 3.63) is 52.6 Å². The second-order valence-electron chi connectivity index (χ2n) is 12.2. The van der Waals surface area contributed by atoms with Crippen LogP contribution >= 0.6 is 36.2 Å². The lowest BCUT2D eigenvalue weighted by atomic mass is 9.82. The number of thiazole rings is 1. The molecular weight excluding hydrogens is 606 g/mol. The highest BCUT2D eigenvalue weighted by atomic mass is 35.5. The standard InChI is InChI=1S/C33H41FN4O2S.2ClH/c1-3-21(2)31(39)36-30(22-10-5-4-6-11-22)33(40)38-18-23-12-9-17-37(23)19-29(38)32-35-28(20-41-32)26-15-16-27(34)25-14-8-7-13-24(25)26;;/h7-8,13-16,20-23,29-30H,3-6,9-12,17-19H2,1-2H3,(H,36,39);2*1H/t21-,23-,29+,30+;;/m1../s1. The van der Waals surface area contributed by atoms with Crippen molar-refractivity contribution in [2.75, 3.05) is 19.6 Å². The molecular formula is C33H43Cl2FN4O2S. The highest BCUT2D eigenvalue weighted by Crippen LogP contribution is 2.38. The first kappa shape index (κ1) is 33.6. The number of carbonyl (C=O) groups is 2. The number of halogens is 3. The summed E-state index contributed by atoms with van der Waals surface area (Å²) in [7, 11) is 0. The molecule has 3 aliphatic rings. The maximum Gasteiger partial charge on any atom is 0.246 e. The number of rotatable bonds is 7. The van der Waals surface area contributed by atoms with Crippen LogP contribution in [0.15, 0.2) is 41.8 Å². The van der Waals surface area contributed by atoms with Gasteiger partial charge in [-0.15, -0.1) is 36.2 Å². The monoisotopic (exact) mass is 648 g/mol. The number of carbonyl (C=O) groups excluding carboxylic acids is 2. The van der Waals surface area contributed by atoms with E-state index < -0.39 is 6.04 Å². The summed E-state index contributed by atoms with van der Waals surface area (Å²) in [4.78, 5) is 37.3. The molecule has 1 N–H and O–H groups in total. The first-order chi connectivity index (χ1) is 19.9. The van der Waals surface area contributed by atoms with Gasteiger partial charge >= 0.3 is 0 Å². The Hall–Kier alpha value is -2.26. The summed E-state index contributed by atoms with van der Waals surface area (Å²) < 4.78 is 14.5. The minimum atomic E-state index is -0.493. The molecule has 1 aromatic heterocycles. The maximum atomic E-state index is 14.5. The average Bonchev–Trinajstić information content (AvgIpc) is 3.69. The molecule has 10 heteroatoms. The molecule has 2 amide bonds. The Labute approximate surface area is 270 Å². The molecule has 3 fully saturated rings. The van der Waals surface area contributed by atoms with Crippen LogP contribution < -0.4 is 5.32 Å². The van der Waals surface area contributed by atoms with Gasteiger partial charge in [0.05, 0.1) is 11.7 Å². The number of piperazine rings is 1. The van der Waals surface area contributed by atoms with Gasteiger partial charge in [-0.1, -0.05) is 57.4 Å². The van der Waals surface area contributed by atoms with Gasteiger partial charge in [-0.3, -0.25) is 14.5 Å². The normalized spacial score (nSPS) is 22.3. The number of fused-ring (bicyclic) bond motifs is 2. The van der Waals surface area contributed by atoms with Crippen molar-refractivity contribution < 1.29 is 14.0 Å². The van der Waals surface area contributed by atoms with Crippen molar-refractivity contribution in [2.45, 2.75) is 83.3 Å². The number of amides is 2. The number of nitrogens with one attached hydrogen (secondary N) is 1. The molecule has 0 unspecified atom stereocenters. The predicted molar refractivity (Wildman–Crippen MR) is 177 cm³/mol. The summed E-state index contributed by atoms with van der Waals surface area (Å²) in [5, 5.41) is 7.59. The fourth-order valence-corrected chi connectivity index (χ4v) is 7.95. The van der Waals surface area contributed by atoms with Crippen LogP contribution in [0.1, 0.15) is 76.3 Å². The SMILES string of the molecule is CC[C@@H](C)C(=O)N[C@H](C(=O)N1C[C@H]2CCCN2C[C@H]1c1nc(-c2ccc(F)c3ccccc23)cs1)C1CCCCC1.Cl.Cl. The Kier molecular flexibility index (Phi) is 11.5. The Morgan fingerprint density at radius 1 is 1.02 bits per heavy atom. The molecule has 2 saturated heterocycles. The van der Waals surface area contributed by atoms with E-state index in [-0.39, 0.29) is 60.3 Å². The lowest BCUT2D eigenvalue weighted by Gasteiger charge is -2.45. The van der Waals surface area contributed by atoms with E-state index in [0.717, 1.165) is 79.7 Å². The average molecular weight is 650 g/mol. The van der Waals surface area contributed by atoms with Crippen LogP contribution in [0.25, 0.3) is 22.0 Å². The van der Waals surface area contributed by atoms with Crippen molar-refractivity contribution in [1.29, 1.82) is 0 Å². The van der Waals surface area contributed by atoms with Crippen LogP contribution in [-0.4, -0.2) is 58.3 Å². The zero-order valence-corrected chi connectivity index (χ0v) is 27.4. The smallest absolute Gasteiger partial charge is 0.246 e. The third-order valence-electron chi connectivity index (χ3n) is 9.67. The fourth-order valence-electron chi connectivity index (χ4n) is 7.03. The zero-order chi connectivity index (χ0) is 28.5. The topological polar surface area (TPSA) is 65.5 Å². The second kappa shape index (κ2) is 14.7. The van der Waals surface area contributed by atoms with Crippen molar-refractivity contribution in [1.82, 2.24) is 20.1 Å². The van der Waals surface area contributed by atoms with Crippen LogP contribution in [0, 0.1) is 17.7 Å². The lowest BCUT2D eigenvalue weighted by Crippen LogP contribution is -2.60. The van der Waals surface area contributed by atoms with E-state index in [1.807, 2.05) is 42.3 Å². The second-order valence-corrected chi connectivity index (χ2v) is 13.1. The van der Waals surface area contributed by atoms with Crippen molar-refractivity contribution >= 4 is 58.7 Å². The van der Waals surface area contributed by atoms with E-state index in [9.17, 15) is 14.0 Å². The molecule has 0 bridgehead atoms. The van der Waals surface area contributed by atoms with E-state index in [0.29, 0.717) is 18.0 Å². The molecule has 3 aromatic rings. The summed E-state index contributed by atoms with van der Waals surface area (Å²) in [5.41, 5.74) is 1.71. The van der Waals surface area contributed by atoms with Gasteiger partial charge in [0.25, 0.3) is 0 Å². The van der Waals surface area contributed by atoms with E-state index >= 15 is 0 Å². The Morgan fingerprint density at radius 3 is 2.51 bits per heavy atom. The van der Waals surface area contributed by atoms with Gasteiger partial charge in [0, 0.05) is 41.4 Å². The van der Waals surface area contributed by atoms with Gasteiger partial charge in [-0.2, -0.15) is 0 Å². The Balaban J connectivity index is 0.00000212. The molecule has 1 saturated carbocycles. The quantitative estimate of drug-likeness (QED) is 0.290. The fraction of sp³-hybridized carbons (Fsp3) is 0.545. The molecule has 234 valence electrons. The number of hydrogen-bond donors (Lipinski definition) is 1. The molecule has 43 heavy (non-hydrogen) atoms. The van der Waals surface area contributed by atoms with Gasteiger partial charge in [0.2, 0.25) is 11.8 Å². The van der Waals surface area contributed by atoms with Gasteiger partial charge < -0.3 is 10.2 Å². The van der Waals surface area contributed by atoms with Gasteiger partial charge in [0.1, 0.15) is 16.9 Å². The van der Waals surface area contributed by atoms with Gasteiger partial charge in [-0.05, 0) is 62.1 Å². The molecule has 1 aliphatic carbocycles. The number of hydrogen-bond acceptors (Lipinski definition) is 5. The van der Waals surface area contributed by atoms with Crippen molar-refractivity contribution in [3.8, 4) is 11.3 Å². The molecule has 3 heterocycles. The molecule has 6 rings (SSSR count). The van der Waals surface area contributed by atoms with Gasteiger partial charge in [-0.25, -0.2) is 9.37 Å². The van der Waals surface area contributed by atoms with Crippen LogP contribution in [-0.2, 0) is 9.59 Å². The number of aromatic nitrogens is 1. The lowest BCUT2D eigenvalue weighted by molar-refractivity contribution is -0.144. The summed E-state index contributed by atoms with van der Waals surface area (Å²) >= 11 is 1.58. The third-order valence-corrected chi connectivity index (χ3v) is 10.6. The maximum absolute atomic E-state index is 14.5. The summed E-state index contributed by atoms with van der Waals surface area (Å²) in [5.74, 6) is -0.161. The molecule has 4 atom stereocenters. The Bertz CT molecular complexity index is 1410. The highest BCUT2D eigenvalue weighted by molar-refractivity contribution is 7.10.